The number of alkyl halides is 5. The Kier molecular flexibility index (Phi) is 2.27. The lowest BCUT2D eigenvalue weighted by Gasteiger charge is -2.22. The molecule has 11 heavy (non-hydrogen) atoms. The minimum Gasteiger partial charge on any atom is -0.483 e. The highest BCUT2D eigenvalue weighted by Crippen LogP contribution is 2.35. The van der Waals surface area contributed by atoms with E-state index in [0.29, 0.717) is 0 Å². The summed E-state index contributed by atoms with van der Waals surface area (Å²) in [6, 6.07) is 0. The van der Waals surface area contributed by atoms with E-state index < -0.39 is 18.4 Å². The Hall–Kier alpha value is -1.08. The van der Waals surface area contributed by atoms with E-state index in [-0.39, 0.29) is 0 Å². The van der Waals surface area contributed by atoms with E-state index in [4.69, 9.17) is 9.90 Å². The molecule has 0 aliphatic carbocycles. The van der Waals surface area contributed by atoms with E-state index in [2.05, 4.69) is 4.74 Å². The molecule has 0 bridgehead atoms. The molecule has 0 spiro atoms. The van der Waals surface area contributed by atoms with E-state index in [0.717, 1.165) is 0 Å². The number of carbonyl (C=O) groups is 1. The maximum Gasteiger partial charge on any atom is 0.475 e. The van der Waals surface area contributed by atoms with Crippen LogP contribution in [0.25, 0.3) is 0 Å². The lowest BCUT2D eigenvalue weighted by atomic mass is 10.6. The van der Waals surface area contributed by atoms with Gasteiger partial charge in [0.15, 0.2) is 0 Å². The molecular weight excluding hydrogens is 179 g/mol. The Bertz CT molecular complexity index is 161. The van der Waals surface area contributed by atoms with Gasteiger partial charge < -0.3 is 14.6 Å². The normalized spacial score (nSPS) is 12.8. The van der Waals surface area contributed by atoms with Gasteiger partial charge in [0.2, 0.25) is 0 Å². The maximum absolute atomic E-state index is 11.4. The molecule has 3 nitrogen and oxygen atoms in total. The van der Waals surface area contributed by atoms with Gasteiger partial charge in [0.05, 0.1) is 0 Å². The van der Waals surface area contributed by atoms with Crippen LogP contribution >= 0.6 is 0 Å². The number of halogens is 5. The summed E-state index contributed by atoms with van der Waals surface area (Å²) >= 11 is 0. The average Bonchev–Trinajstić information content (AvgIpc) is 1.56. The highest BCUT2D eigenvalue weighted by molar-refractivity contribution is 5.54. The number of ether oxygens (including phenoxy) is 1. The van der Waals surface area contributed by atoms with Gasteiger partial charge in [0.25, 0.3) is 6.16 Å². The van der Waals surface area contributed by atoms with Crippen LogP contribution in [0.3, 0.4) is 0 Å². The van der Waals surface area contributed by atoms with E-state index >= 15 is 0 Å². The summed E-state index contributed by atoms with van der Waals surface area (Å²) in [7, 11) is 0. The zero-order chi connectivity index (χ0) is 9.28. The van der Waals surface area contributed by atoms with E-state index in [1.54, 1.807) is 0 Å². The van der Waals surface area contributed by atoms with Crippen LogP contribution in [0, 0.1) is 0 Å². The summed E-state index contributed by atoms with van der Waals surface area (Å²) in [4.78, 5) is 9.15. The Labute approximate surface area is 56.4 Å². The lowest BCUT2D eigenvalue weighted by molar-refractivity contribution is -0.404. The summed E-state index contributed by atoms with van der Waals surface area (Å²) in [5.74, 6) is 0. The number of hydrogen-bond acceptors (Lipinski definition) is 3. The Morgan fingerprint density at radius 1 is 1.18 bits per heavy atom. The number of carboxylic acid groups (broad SMARTS) is 1. The molecule has 0 N–H and O–H groups in total. The van der Waals surface area contributed by atoms with Gasteiger partial charge in [0.1, 0.15) is 0 Å². The summed E-state index contributed by atoms with van der Waals surface area (Å²) in [6.07, 6.45) is -14.7. The molecule has 0 unspecified atom stereocenters. The standard InChI is InChI=1S/C3HF5O3/c4-2(5,6)3(7,8)11-1(9)10/h(H,9,10)/p-1. The fraction of sp³-hybridized carbons (Fsp3) is 0.667. The largest absolute Gasteiger partial charge is 0.483 e. The Morgan fingerprint density at radius 2 is 1.55 bits per heavy atom. The Balaban J connectivity index is 4.34. The molecule has 0 radical (unpaired) electrons. The zero-order valence-electron chi connectivity index (χ0n) is 4.61. The minimum absolute atomic E-state index is 2.15. The van der Waals surface area contributed by atoms with Gasteiger partial charge in [-0.2, -0.15) is 22.0 Å². The SMILES string of the molecule is O=C([O-])OC(F)(F)C(F)(F)F. The van der Waals surface area contributed by atoms with Gasteiger partial charge in [-0.15, -0.1) is 0 Å². The second kappa shape index (κ2) is 2.51. The van der Waals surface area contributed by atoms with Gasteiger partial charge in [-0.25, -0.2) is 0 Å². The predicted molar refractivity (Wildman–Crippen MR) is 17.5 cm³/mol. The second-order valence-electron chi connectivity index (χ2n) is 1.37. The van der Waals surface area contributed by atoms with Crippen LogP contribution in [0.4, 0.5) is 26.7 Å². The van der Waals surface area contributed by atoms with Crippen molar-refractivity contribution in [3.63, 3.8) is 0 Å². The zero-order valence-corrected chi connectivity index (χ0v) is 4.61. The first-order valence-corrected chi connectivity index (χ1v) is 2.01. The van der Waals surface area contributed by atoms with Gasteiger partial charge in [-0.1, -0.05) is 0 Å². The quantitative estimate of drug-likeness (QED) is 0.435. The number of hydrogen-bond donors (Lipinski definition) is 0. The molecule has 0 aromatic rings. The van der Waals surface area contributed by atoms with Crippen molar-refractivity contribution in [2.45, 2.75) is 12.3 Å². The van der Waals surface area contributed by atoms with E-state index in [1.165, 1.54) is 0 Å². The molecule has 0 fully saturated rings. The highest BCUT2D eigenvalue weighted by atomic mass is 19.4. The van der Waals surface area contributed by atoms with Crippen molar-refractivity contribution in [3.05, 3.63) is 0 Å². The molecular formula is C3F5O3-. The van der Waals surface area contributed by atoms with Gasteiger partial charge in [-0.3, -0.25) is 0 Å². The maximum atomic E-state index is 11.4. The first-order chi connectivity index (χ1) is 4.67. The van der Waals surface area contributed by atoms with Crippen LogP contribution in [0.5, 0.6) is 0 Å². The summed E-state index contributed by atoms with van der Waals surface area (Å²) in [5.41, 5.74) is 0. The molecule has 0 atom stereocenters. The van der Waals surface area contributed by atoms with Crippen molar-refractivity contribution < 1.29 is 36.6 Å². The van der Waals surface area contributed by atoms with Crippen molar-refractivity contribution in [2.24, 2.45) is 0 Å². The lowest BCUT2D eigenvalue weighted by Crippen LogP contribution is -2.44. The number of carbonyl (C=O) groups excluding carboxylic acids is 1. The van der Waals surface area contributed by atoms with Crippen molar-refractivity contribution >= 4 is 6.16 Å². The van der Waals surface area contributed by atoms with Gasteiger partial charge >= 0.3 is 12.3 Å². The smallest absolute Gasteiger partial charge is 0.475 e. The van der Waals surface area contributed by atoms with Crippen LogP contribution in [-0.2, 0) is 4.74 Å². The molecule has 0 heterocycles. The van der Waals surface area contributed by atoms with Crippen LogP contribution < -0.4 is 5.11 Å². The van der Waals surface area contributed by atoms with Crippen molar-refractivity contribution in [3.8, 4) is 0 Å². The van der Waals surface area contributed by atoms with Crippen LogP contribution in [-0.4, -0.2) is 18.4 Å². The molecule has 0 rings (SSSR count). The van der Waals surface area contributed by atoms with Crippen LogP contribution in [0.1, 0.15) is 0 Å². The molecule has 0 aromatic carbocycles. The first kappa shape index (κ1) is 9.92. The molecule has 0 aliphatic heterocycles. The van der Waals surface area contributed by atoms with Crippen LogP contribution in [0.2, 0.25) is 0 Å². The van der Waals surface area contributed by atoms with Crippen molar-refractivity contribution in [2.75, 3.05) is 0 Å². The summed E-state index contributed by atoms with van der Waals surface area (Å²) < 4.78 is 58.1. The summed E-state index contributed by atoms with van der Waals surface area (Å²) in [6.45, 7) is 0. The van der Waals surface area contributed by atoms with E-state index in [1.807, 2.05) is 0 Å². The minimum atomic E-state index is -6.05. The van der Waals surface area contributed by atoms with Gasteiger partial charge in [-0.05, 0) is 0 Å². The van der Waals surface area contributed by atoms with E-state index in [9.17, 15) is 22.0 Å². The molecule has 66 valence electrons. The third-order valence-corrected chi connectivity index (χ3v) is 0.542. The second-order valence-corrected chi connectivity index (χ2v) is 1.37. The Morgan fingerprint density at radius 3 is 1.64 bits per heavy atom. The van der Waals surface area contributed by atoms with Gasteiger partial charge in [0, 0.05) is 0 Å². The fourth-order valence-electron chi connectivity index (χ4n) is 0.163. The molecule has 8 heteroatoms. The third-order valence-electron chi connectivity index (χ3n) is 0.542. The molecule has 0 aromatic heterocycles. The fourth-order valence-corrected chi connectivity index (χ4v) is 0.163. The predicted octanol–water partition coefficient (Wildman–Crippen LogP) is 0.501. The third kappa shape index (κ3) is 2.56. The topological polar surface area (TPSA) is 49.4 Å². The van der Waals surface area contributed by atoms with Crippen molar-refractivity contribution in [1.82, 2.24) is 0 Å². The molecule has 0 saturated carbocycles. The first-order valence-electron chi connectivity index (χ1n) is 2.01. The monoisotopic (exact) mass is 179 g/mol. The van der Waals surface area contributed by atoms with Crippen molar-refractivity contribution in [1.29, 1.82) is 0 Å². The number of rotatable bonds is 1. The highest BCUT2D eigenvalue weighted by Gasteiger charge is 2.57. The molecule has 0 amide bonds. The molecule has 0 saturated heterocycles. The van der Waals surface area contributed by atoms with Crippen LogP contribution in [0.15, 0.2) is 0 Å². The average molecular weight is 179 g/mol. The molecule has 0 aliphatic rings. The summed E-state index contributed by atoms with van der Waals surface area (Å²) in [5, 5.41) is 9.15.